The third-order valence-electron chi connectivity index (χ3n) is 4.93. The van der Waals surface area contributed by atoms with Crippen molar-refractivity contribution in [2.45, 2.75) is 25.3 Å². The van der Waals surface area contributed by atoms with Gasteiger partial charge in [0.1, 0.15) is 5.82 Å². The molecular formula is C19H24N4O2. The Labute approximate surface area is 147 Å². The highest BCUT2D eigenvalue weighted by atomic mass is 16.5. The Bertz CT molecular complexity index is 731. The lowest BCUT2D eigenvalue weighted by molar-refractivity contribution is 0.193. The maximum Gasteiger partial charge on any atom is 0.224 e. The van der Waals surface area contributed by atoms with E-state index in [2.05, 4.69) is 45.5 Å². The van der Waals surface area contributed by atoms with Gasteiger partial charge in [0.15, 0.2) is 0 Å². The standard InChI is InChI=1S/C19H24N4O2/c24-9-7-20-19-21-17(16-6-10-25-13-16)11-18(22-19)23-8-5-14-3-1-2-4-15(14)12-23/h1-4,11,16,24H,5-10,12-13H2,(H,20,21,22). The number of benzene rings is 1. The summed E-state index contributed by atoms with van der Waals surface area (Å²) in [4.78, 5) is 11.7. The summed E-state index contributed by atoms with van der Waals surface area (Å²) in [5, 5.41) is 12.2. The van der Waals surface area contributed by atoms with Crippen LogP contribution in [-0.2, 0) is 17.7 Å². The lowest BCUT2D eigenvalue weighted by Crippen LogP contribution is -2.31. The number of aliphatic hydroxyl groups is 1. The monoisotopic (exact) mass is 340 g/mol. The molecule has 0 aliphatic carbocycles. The van der Waals surface area contributed by atoms with Crippen LogP contribution in [0.25, 0.3) is 0 Å². The van der Waals surface area contributed by atoms with Crippen LogP contribution in [0.4, 0.5) is 11.8 Å². The SMILES string of the molecule is OCCNc1nc(C2CCOC2)cc(N2CCc3ccccc3C2)n1. The van der Waals surface area contributed by atoms with Gasteiger partial charge in [0, 0.05) is 38.2 Å². The normalized spacial score (nSPS) is 19.7. The molecule has 6 heteroatoms. The predicted molar refractivity (Wildman–Crippen MR) is 97.0 cm³/mol. The molecule has 1 unspecified atom stereocenters. The molecule has 3 heterocycles. The van der Waals surface area contributed by atoms with E-state index in [0.717, 1.165) is 50.7 Å². The van der Waals surface area contributed by atoms with Crippen LogP contribution >= 0.6 is 0 Å². The summed E-state index contributed by atoms with van der Waals surface area (Å²) >= 11 is 0. The Morgan fingerprint density at radius 2 is 2.12 bits per heavy atom. The molecule has 0 amide bonds. The molecule has 0 bridgehead atoms. The first-order chi connectivity index (χ1) is 12.3. The summed E-state index contributed by atoms with van der Waals surface area (Å²) < 4.78 is 5.53. The average molecular weight is 340 g/mol. The zero-order valence-corrected chi connectivity index (χ0v) is 14.3. The lowest BCUT2D eigenvalue weighted by atomic mass is 9.99. The Morgan fingerprint density at radius 1 is 1.24 bits per heavy atom. The quantitative estimate of drug-likeness (QED) is 0.867. The van der Waals surface area contributed by atoms with Gasteiger partial charge in [-0.2, -0.15) is 4.98 Å². The van der Waals surface area contributed by atoms with E-state index in [-0.39, 0.29) is 6.61 Å². The number of nitrogens with one attached hydrogen (secondary N) is 1. The van der Waals surface area contributed by atoms with Crippen LogP contribution in [0, 0.1) is 0 Å². The van der Waals surface area contributed by atoms with E-state index in [1.54, 1.807) is 0 Å². The lowest BCUT2D eigenvalue weighted by Gasteiger charge is -2.30. The van der Waals surface area contributed by atoms with Gasteiger partial charge in [-0.15, -0.1) is 0 Å². The van der Waals surface area contributed by atoms with Crippen molar-refractivity contribution in [3.05, 3.63) is 47.2 Å². The van der Waals surface area contributed by atoms with Crippen molar-refractivity contribution in [3.8, 4) is 0 Å². The van der Waals surface area contributed by atoms with Crippen molar-refractivity contribution in [1.82, 2.24) is 9.97 Å². The van der Waals surface area contributed by atoms with Gasteiger partial charge in [-0.3, -0.25) is 0 Å². The van der Waals surface area contributed by atoms with E-state index in [1.807, 2.05) is 0 Å². The molecule has 6 nitrogen and oxygen atoms in total. The first kappa shape index (κ1) is 16.3. The molecule has 4 rings (SSSR count). The fourth-order valence-electron chi connectivity index (χ4n) is 3.53. The maximum absolute atomic E-state index is 9.09. The Balaban J connectivity index is 1.62. The molecule has 1 aromatic heterocycles. The average Bonchev–Trinajstić information content (AvgIpc) is 3.20. The summed E-state index contributed by atoms with van der Waals surface area (Å²) in [6.07, 6.45) is 2.03. The van der Waals surface area contributed by atoms with Crippen LogP contribution < -0.4 is 10.2 Å². The first-order valence-corrected chi connectivity index (χ1v) is 8.96. The number of hydrogen-bond donors (Lipinski definition) is 2. The third-order valence-corrected chi connectivity index (χ3v) is 4.93. The van der Waals surface area contributed by atoms with E-state index >= 15 is 0 Å². The number of hydrogen-bond acceptors (Lipinski definition) is 6. The number of anilines is 2. The number of rotatable bonds is 5. The Kier molecular flexibility index (Phi) is 4.81. The van der Waals surface area contributed by atoms with Crippen molar-refractivity contribution in [1.29, 1.82) is 0 Å². The highest BCUT2D eigenvalue weighted by Gasteiger charge is 2.23. The second kappa shape index (κ2) is 7.37. The molecule has 2 N–H and O–H groups in total. The molecule has 1 aromatic carbocycles. The summed E-state index contributed by atoms with van der Waals surface area (Å²) in [7, 11) is 0. The minimum atomic E-state index is 0.0621. The number of nitrogens with zero attached hydrogens (tertiary/aromatic N) is 3. The molecule has 1 saturated heterocycles. The molecule has 0 radical (unpaired) electrons. The number of fused-ring (bicyclic) bond motifs is 1. The molecule has 2 aliphatic rings. The van der Waals surface area contributed by atoms with E-state index in [1.165, 1.54) is 11.1 Å². The molecule has 2 aromatic rings. The van der Waals surface area contributed by atoms with Crippen molar-refractivity contribution in [2.24, 2.45) is 0 Å². The van der Waals surface area contributed by atoms with Crippen molar-refractivity contribution in [2.75, 3.05) is 43.1 Å². The van der Waals surface area contributed by atoms with Crippen LogP contribution in [-0.4, -0.2) is 48.0 Å². The van der Waals surface area contributed by atoms with Gasteiger partial charge in [-0.25, -0.2) is 4.98 Å². The van der Waals surface area contributed by atoms with Gasteiger partial charge >= 0.3 is 0 Å². The summed E-state index contributed by atoms with van der Waals surface area (Å²) in [5.74, 6) is 1.87. The maximum atomic E-state index is 9.09. The molecule has 0 saturated carbocycles. The molecule has 0 spiro atoms. The highest BCUT2D eigenvalue weighted by Crippen LogP contribution is 2.29. The van der Waals surface area contributed by atoms with Gasteiger partial charge in [0.2, 0.25) is 5.95 Å². The van der Waals surface area contributed by atoms with Crippen molar-refractivity contribution in [3.63, 3.8) is 0 Å². The van der Waals surface area contributed by atoms with Crippen LogP contribution in [0.15, 0.2) is 30.3 Å². The second-order valence-electron chi connectivity index (χ2n) is 6.63. The zero-order valence-electron chi connectivity index (χ0n) is 14.3. The molecule has 1 fully saturated rings. The minimum Gasteiger partial charge on any atom is -0.395 e. The predicted octanol–water partition coefficient (Wildman–Crippen LogP) is 1.95. The summed E-state index contributed by atoms with van der Waals surface area (Å²) in [6.45, 7) is 3.85. The third kappa shape index (κ3) is 3.60. The Hall–Kier alpha value is -2.18. The highest BCUT2D eigenvalue weighted by molar-refractivity contribution is 5.49. The van der Waals surface area contributed by atoms with Gasteiger partial charge in [0.25, 0.3) is 0 Å². The van der Waals surface area contributed by atoms with Gasteiger partial charge in [-0.1, -0.05) is 24.3 Å². The fourth-order valence-corrected chi connectivity index (χ4v) is 3.53. The second-order valence-corrected chi connectivity index (χ2v) is 6.63. The van der Waals surface area contributed by atoms with E-state index < -0.39 is 0 Å². The topological polar surface area (TPSA) is 70.5 Å². The molecule has 25 heavy (non-hydrogen) atoms. The Morgan fingerprint density at radius 3 is 2.92 bits per heavy atom. The molecular weight excluding hydrogens is 316 g/mol. The number of ether oxygens (including phenoxy) is 1. The largest absolute Gasteiger partial charge is 0.395 e. The smallest absolute Gasteiger partial charge is 0.224 e. The van der Waals surface area contributed by atoms with Crippen molar-refractivity contribution < 1.29 is 9.84 Å². The fraction of sp³-hybridized carbons (Fsp3) is 0.474. The van der Waals surface area contributed by atoms with Crippen LogP contribution in [0.1, 0.15) is 29.2 Å². The first-order valence-electron chi connectivity index (χ1n) is 8.96. The van der Waals surface area contributed by atoms with Crippen LogP contribution in [0.2, 0.25) is 0 Å². The van der Waals surface area contributed by atoms with Gasteiger partial charge in [0.05, 0.1) is 18.9 Å². The zero-order chi connectivity index (χ0) is 17.1. The molecule has 1 atom stereocenters. The molecule has 132 valence electrons. The van der Waals surface area contributed by atoms with Crippen molar-refractivity contribution >= 4 is 11.8 Å². The number of aliphatic hydroxyl groups excluding tert-OH is 1. The summed E-state index contributed by atoms with van der Waals surface area (Å²) in [5.41, 5.74) is 3.82. The van der Waals surface area contributed by atoms with E-state index in [0.29, 0.717) is 18.4 Å². The van der Waals surface area contributed by atoms with Gasteiger partial charge < -0.3 is 20.1 Å². The van der Waals surface area contributed by atoms with E-state index in [4.69, 9.17) is 14.8 Å². The number of aromatic nitrogens is 2. The van der Waals surface area contributed by atoms with Crippen LogP contribution in [0.3, 0.4) is 0 Å². The van der Waals surface area contributed by atoms with Gasteiger partial charge in [-0.05, 0) is 24.0 Å². The van der Waals surface area contributed by atoms with Crippen LogP contribution in [0.5, 0.6) is 0 Å². The van der Waals surface area contributed by atoms with E-state index in [9.17, 15) is 0 Å². The summed E-state index contributed by atoms with van der Waals surface area (Å²) in [6, 6.07) is 10.7. The minimum absolute atomic E-state index is 0.0621. The molecule has 2 aliphatic heterocycles.